The zero-order chi connectivity index (χ0) is 24.8. The first-order valence-electron chi connectivity index (χ1n) is 11.8. The highest BCUT2D eigenvalue weighted by Gasteiger charge is 2.26. The van der Waals surface area contributed by atoms with Crippen LogP contribution in [0.3, 0.4) is 0 Å². The van der Waals surface area contributed by atoms with Crippen LogP contribution in [-0.4, -0.2) is 55.1 Å². The summed E-state index contributed by atoms with van der Waals surface area (Å²) in [6, 6.07) is 11.3. The van der Waals surface area contributed by atoms with Crippen LogP contribution >= 0.6 is 0 Å². The highest BCUT2D eigenvalue weighted by atomic mass is 16.5. The SMILES string of the molecule is COc1cccc2c1c(C(=O)c1cc(N3CCC(n4c(=O)[nH]c5ncccc54)CC3)ncn1)cn2C. The zero-order valence-corrected chi connectivity index (χ0v) is 20.0. The number of rotatable bonds is 5. The van der Waals surface area contributed by atoms with Crippen molar-refractivity contribution in [2.45, 2.75) is 18.9 Å². The molecule has 4 aromatic heterocycles. The number of pyridine rings is 1. The van der Waals surface area contributed by atoms with Crippen LogP contribution in [0.5, 0.6) is 5.75 Å². The Morgan fingerprint density at radius 2 is 1.89 bits per heavy atom. The van der Waals surface area contributed by atoms with Crippen LogP contribution in [0.2, 0.25) is 0 Å². The summed E-state index contributed by atoms with van der Waals surface area (Å²) in [5, 5.41) is 0.770. The molecule has 0 aliphatic carbocycles. The average molecular weight is 484 g/mol. The van der Waals surface area contributed by atoms with Crippen molar-refractivity contribution in [2.75, 3.05) is 25.1 Å². The van der Waals surface area contributed by atoms with Gasteiger partial charge >= 0.3 is 5.69 Å². The number of aryl methyl sites for hydroxylation is 1. The molecule has 1 aliphatic rings. The minimum atomic E-state index is -0.179. The summed E-state index contributed by atoms with van der Waals surface area (Å²) in [5.74, 6) is 1.17. The van der Waals surface area contributed by atoms with Gasteiger partial charge in [-0.05, 0) is 37.1 Å². The second-order valence-corrected chi connectivity index (χ2v) is 8.99. The maximum Gasteiger partial charge on any atom is 0.327 e. The summed E-state index contributed by atoms with van der Waals surface area (Å²) >= 11 is 0. The Hall–Kier alpha value is -4.47. The van der Waals surface area contributed by atoms with Crippen LogP contribution in [0, 0.1) is 0 Å². The van der Waals surface area contributed by atoms with E-state index < -0.39 is 0 Å². The summed E-state index contributed by atoms with van der Waals surface area (Å²) in [6.45, 7) is 1.41. The summed E-state index contributed by atoms with van der Waals surface area (Å²) in [4.78, 5) is 44.1. The first-order valence-corrected chi connectivity index (χ1v) is 11.8. The molecule has 5 heterocycles. The van der Waals surface area contributed by atoms with Crippen molar-refractivity contribution in [2.24, 2.45) is 7.05 Å². The third kappa shape index (κ3) is 3.53. The van der Waals surface area contributed by atoms with Crippen LogP contribution in [0.1, 0.15) is 34.9 Å². The summed E-state index contributed by atoms with van der Waals surface area (Å²) in [6.07, 6.45) is 6.47. The Morgan fingerprint density at radius 1 is 1.08 bits per heavy atom. The van der Waals surface area contributed by atoms with E-state index in [1.54, 1.807) is 19.4 Å². The summed E-state index contributed by atoms with van der Waals surface area (Å²) < 4.78 is 9.25. The maximum atomic E-state index is 13.5. The lowest BCUT2D eigenvalue weighted by atomic mass is 10.0. The summed E-state index contributed by atoms with van der Waals surface area (Å²) in [5.41, 5.74) is 3.08. The lowest BCUT2D eigenvalue weighted by Crippen LogP contribution is -2.37. The number of hydrogen-bond acceptors (Lipinski definition) is 7. The van der Waals surface area contributed by atoms with E-state index in [0.717, 1.165) is 29.3 Å². The van der Waals surface area contributed by atoms with Gasteiger partial charge in [-0.3, -0.25) is 14.3 Å². The monoisotopic (exact) mass is 483 g/mol. The molecule has 36 heavy (non-hydrogen) atoms. The molecule has 5 aromatic rings. The number of fused-ring (bicyclic) bond motifs is 2. The van der Waals surface area contributed by atoms with E-state index in [4.69, 9.17) is 4.74 Å². The fourth-order valence-corrected chi connectivity index (χ4v) is 5.21. The Bertz CT molecular complexity index is 1660. The van der Waals surface area contributed by atoms with E-state index in [9.17, 15) is 9.59 Å². The second-order valence-electron chi connectivity index (χ2n) is 8.99. The Kier molecular flexibility index (Phi) is 5.28. The number of hydrogen-bond donors (Lipinski definition) is 1. The molecule has 1 aliphatic heterocycles. The van der Waals surface area contributed by atoms with E-state index in [1.165, 1.54) is 6.33 Å². The van der Waals surface area contributed by atoms with Gasteiger partial charge in [0.1, 0.15) is 23.6 Å². The molecule has 0 saturated carbocycles. The van der Waals surface area contributed by atoms with Crippen molar-refractivity contribution < 1.29 is 9.53 Å². The van der Waals surface area contributed by atoms with Crippen molar-refractivity contribution in [3.05, 3.63) is 76.9 Å². The van der Waals surface area contributed by atoms with Crippen molar-refractivity contribution in [3.63, 3.8) is 0 Å². The number of carbonyl (C=O) groups is 1. The Balaban J connectivity index is 1.25. The molecule has 0 atom stereocenters. The van der Waals surface area contributed by atoms with Crippen LogP contribution in [-0.2, 0) is 7.05 Å². The molecule has 182 valence electrons. The fourth-order valence-electron chi connectivity index (χ4n) is 5.21. The lowest BCUT2D eigenvalue weighted by molar-refractivity contribution is 0.103. The number of ketones is 1. The molecule has 10 nitrogen and oxygen atoms in total. The first kappa shape index (κ1) is 22.0. The Labute approximate surface area is 206 Å². The van der Waals surface area contributed by atoms with Gasteiger partial charge in [-0.15, -0.1) is 0 Å². The van der Waals surface area contributed by atoms with Crippen LogP contribution in [0.25, 0.3) is 22.1 Å². The third-order valence-electron chi connectivity index (χ3n) is 6.97. The quantitative estimate of drug-likeness (QED) is 0.383. The molecular weight excluding hydrogens is 458 g/mol. The topological polar surface area (TPSA) is 111 Å². The number of benzene rings is 1. The van der Waals surface area contributed by atoms with Gasteiger partial charge in [0.15, 0.2) is 5.65 Å². The Morgan fingerprint density at radius 3 is 2.69 bits per heavy atom. The average Bonchev–Trinajstić information content (AvgIpc) is 3.44. The molecule has 0 bridgehead atoms. The maximum absolute atomic E-state index is 13.5. The minimum absolute atomic E-state index is 0.0674. The number of H-pyrrole nitrogens is 1. The number of piperidine rings is 1. The number of aromatic amines is 1. The van der Waals surface area contributed by atoms with Gasteiger partial charge in [-0.2, -0.15) is 0 Å². The number of nitrogens with zero attached hydrogens (tertiary/aromatic N) is 6. The van der Waals surface area contributed by atoms with E-state index in [0.29, 0.717) is 41.6 Å². The van der Waals surface area contributed by atoms with E-state index in [-0.39, 0.29) is 17.5 Å². The van der Waals surface area contributed by atoms with Gasteiger partial charge in [-0.1, -0.05) is 6.07 Å². The zero-order valence-electron chi connectivity index (χ0n) is 20.0. The normalized spacial score (nSPS) is 14.6. The third-order valence-corrected chi connectivity index (χ3v) is 6.97. The standard InChI is InChI=1S/C26H25N7O3/c1-31-14-17(23-19(31)5-3-7-21(23)36-2)24(34)18-13-22(29-15-28-18)32-11-8-16(9-12-32)33-20-6-4-10-27-25(20)30-26(33)35/h3-7,10,13-16H,8-9,11-12H2,1-2H3,(H,27,30,35). The molecule has 10 heteroatoms. The fraction of sp³-hybridized carbons (Fsp3) is 0.269. The van der Waals surface area contributed by atoms with Gasteiger partial charge in [0.25, 0.3) is 0 Å². The molecule has 1 aromatic carbocycles. The number of anilines is 1. The highest BCUT2D eigenvalue weighted by Crippen LogP contribution is 2.32. The predicted octanol–water partition coefficient (Wildman–Crippen LogP) is 3.09. The van der Waals surface area contributed by atoms with E-state index in [1.807, 2.05) is 52.7 Å². The molecule has 6 rings (SSSR count). The van der Waals surface area contributed by atoms with Crippen molar-refractivity contribution >= 4 is 33.7 Å². The number of methoxy groups -OCH3 is 1. The van der Waals surface area contributed by atoms with E-state index >= 15 is 0 Å². The van der Waals surface area contributed by atoms with Crippen LogP contribution in [0.15, 0.2) is 59.9 Å². The van der Waals surface area contributed by atoms with Crippen molar-refractivity contribution in [3.8, 4) is 5.75 Å². The van der Waals surface area contributed by atoms with Crippen molar-refractivity contribution in [1.29, 1.82) is 0 Å². The molecule has 1 fully saturated rings. The van der Waals surface area contributed by atoms with Gasteiger partial charge in [0.2, 0.25) is 5.78 Å². The summed E-state index contributed by atoms with van der Waals surface area (Å²) in [7, 11) is 3.51. The van der Waals surface area contributed by atoms with E-state index in [2.05, 4.69) is 24.8 Å². The molecule has 1 N–H and O–H groups in total. The smallest absolute Gasteiger partial charge is 0.327 e. The molecule has 0 radical (unpaired) electrons. The second kappa shape index (κ2) is 8.63. The van der Waals surface area contributed by atoms with Crippen LogP contribution < -0.4 is 15.3 Å². The lowest BCUT2D eigenvalue weighted by Gasteiger charge is -2.33. The minimum Gasteiger partial charge on any atom is -0.496 e. The number of imidazole rings is 1. The first-order chi connectivity index (χ1) is 17.5. The molecule has 0 spiro atoms. The molecule has 0 amide bonds. The van der Waals surface area contributed by atoms with Gasteiger partial charge < -0.3 is 14.2 Å². The van der Waals surface area contributed by atoms with Gasteiger partial charge in [0.05, 0.1) is 29.1 Å². The van der Waals surface area contributed by atoms with Crippen molar-refractivity contribution in [1.82, 2.24) is 29.1 Å². The predicted molar refractivity (Wildman–Crippen MR) is 136 cm³/mol. The largest absolute Gasteiger partial charge is 0.496 e. The van der Waals surface area contributed by atoms with Crippen LogP contribution in [0.4, 0.5) is 5.82 Å². The molecule has 0 unspecified atom stereocenters. The number of nitrogens with one attached hydrogen (secondary N) is 1. The molecular formula is C26H25N7O3. The number of ether oxygens (including phenoxy) is 1. The molecule has 1 saturated heterocycles. The number of aromatic nitrogens is 6. The van der Waals surface area contributed by atoms with Gasteiger partial charge in [-0.25, -0.2) is 19.7 Å². The number of carbonyl (C=O) groups excluding carboxylic acids is 1. The van der Waals surface area contributed by atoms with Gasteiger partial charge in [0, 0.05) is 44.6 Å². The highest BCUT2D eigenvalue weighted by molar-refractivity contribution is 6.17.